The van der Waals surface area contributed by atoms with Gasteiger partial charge in [-0.25, -0.2) is 5.21 Å². The van der Waals surface area contributed by atoms with Gasteiger partial charge in [0, 0.05) is 23.4 Å². The molecule has 0 saturated carbocycles. The summed E-state index contributed by atoms with van der Waals surface area (Å²) in [4.78, 5) is 22.5. The summed E-state index contributed by atoms with van der Waals surface area (Å²) in [5, 5.41) is 14.7. The Labute approximate surface area is 146 Å². The van der Waals surface area contributed by atoms with Gasteiger partial charge in [0.25, 0.3) is 10.8 Å². The van der Waals surface area contributed by atoms with E-state index >= 15 is 0 Å². The second-order valence-electron chi connectivity index (χ2n) is 4.36. The minimum atomic E-state index is -0.446. The van der Waals surface area contributed by atoms with Gasteiger partial charge in [-0.1, -0.05) is 23.2 Å². The van der Waals surface area contributed by atoms with Crippen LogP contribution in [0.15, 0.2) is 42.5 Å². The molecule has 118 valence electrons. The summed E-state index contributed by atoms with van der Waals surface area (Å²) in [5.74, 6) is -0.446. The number of rotatable bonds is 3. The van der Waals surface area contributed by atoms with Crippen molar-refractivity contribution in [3.63, 3.8) is 0 Å². The molecule has 0 radical (unpaired) electrons. The second-order valence-corrected chi connectivity index (χ2v) is 5.58. The molecule has 2 aromatic rings. The third-order valence-electron chi connectivity index (χ3n) is 2.75. The lowest BCUT2D eigenvalue weighted by atomic mass is 10.2. The van der Waals surface area contributed by atoms with Crippen LogP contribution in [0.4, 0.5) is 11.4 Å². The van der Waals surface area contributed by atoms with Crippen molar-refractivity contribution in [2.45, 2.75) is 0 Å². The predicted octanol–water partition coefficient (Wildman–Crippen LogP) is 3.92. The average Bonchev–Trinajstić information content (AvgIpc) is 2.50. The summed E-state index contributed by atoms with van der Waals surface area (Å²) in [6, 6.07) is 10.3. The number of hydrogen-bond donors (Lipinski definition) is 3. The number of halogens is 2. The summed E-state index contributed by atoms with van der Waals surface area (Å²) in [5.41, 5.74) is 0.914. The van der Waals surface area contributed by atoms with Gasteiger partial charge in [0.15, 0.2) is 5.11 Å². The van der Waals surface area contributed by atoms with Crippen molar-refractivity contribution in [3.8, 4) is 0 Å². The zero-order chi connectivity index (χ0) is 17.0. The van der Waals surface area contributed by atoms with E-state index < -0.39 is 5.91 Å². The van der Waals surface area contributed by atoms with Gasteiger partial charge in [0.2, 0.25) is 0 Å². The molecule has 1 amide bonds. The Hall–Kier alpha value is -2.22. The van der Waals surface area contributed by atoms with Gasteiger partial charge < -0.3 is 5.32 Å². The van der Waals surface area contributed by atoms with Crippen molar-refractivity contribution in [2.75, 3.05) is 5.32 Å². The van der Waals surface area contributed by atoms with Crippen molar-refractivity contribution in [1.29, 1.82) is 0 Å². The van der Waals surface area contributed by atoms with Gasteiger partial charge in [-0.05, 0) is 42.5 Å². The van der Waals surface area contributed by atoms with Crippen LogP contribution in [0.25, 0.3) is 0 Å². The molecular weight excluding hydrogens is 361 g/mol. The minimum absolute atomic E-state index is 0.0665. The van der Waals surface area contributed by atoms with Crippen LogP contribution in [0.3, 0.4) is 0 Å². The summed E-state index contributed by atoms with van der Waals surface area (Å²) >= 11 is 16.7. The van der Waals surface area contributed by atoms with Crippen LogP contribution in [0.5, 0.6) is 0 Å². The van der Waals surface area contributed by atoms with Crippen molar-refractivity contribution in [3.05, 3.63) is 63.0 Å². The third kappa shape index (κ3) is 4.62. The van der Waals surface area contributed by atoms with Crippen LogP contribution < -0.4 is 10.6 Å². The quantitative estimate of drug-likeness (QED) is 0.563. The molecule has 0 aliphatic rings. The molecule has 0 atom stereocenters. The fourth-order valence-corrected chi connectivity index (χ4v) is 2.16. The van der Waals surface area contributed by atoms with E-state index in [-0.39, 0.29) is 20.7 Å². The van der Waals surface area contributed by atoms with Crippen LogP contribution in [-0.4, -0.2) is 21.2 Å². The summed E-state index contributed by atoms with van der Waals surface area (Å²) in [6.07, 6.45) is 0. The van der Waals surface area contributed by atoms with Gasteiger partial charge in [0.05, 0.1) is 15.0 Å². The Bertz CT molecular complexity index is 781. The number of anilines is 1. The van der Waals surface area contributed by atoms with Crippen molar-refractivity contribution in [2.24, 2.45) is 0 Å². The van der Waals surface area contributed by atoms with E-state index in [1.807, 2.05) is 0 Å². The van der Waals surface area contributed by atoms with E-state index in [2.05, 4.69) is 10.6 Å². The number of hydrogen-bond acceptors (Lipinski definition) is 3. The Morgan fingerprint density at radius 3 is 2.30 bits per heavy atom. The molecular formula is C14H10Cl2N3O3S+. The average molecular weight is 371 g/mol. The number of amides is 1. The van der Waals surface area contributed by atoms with Gasteiger partial charge in [-0.3, -0.25) is 10.1 Å². The largest absolute Gasteiger partial charge is 0.332 e. The van der Waals surface area contributed by atoms with Gasteiger partial charge >= 0.3 is 5.69 Å². The second kappa shape index (κ2) is 7.36. The fraction of sp³-hybridized carbons (Fsp3) is 0. The number of nitrogens with zero attached hydrogens (tertiary/aromatic N) is 1. The van der Waals surface area contributed by atoms with Crippen LogP contribution in [0.2, 0.25) is 10.0 Å². The van der Waals surface area contributed by atoms with Crippen LogP contribution in [-0.2, 0) is 0 Å². The molecule has 0 aromatic heterocycles. The Balaban J connectivity index is 1.99. The van der Waals surface area contributed by atoms with E-state index in [4.69, 9.17) is 40.6 Å². The standard InChI is InChI=1S/C14H9Cl2N3O3S/c15-11-6-1-8(7-12(11)16)13(20)18-14(23)17-9-2-4-10(5-3-9)19(21)22/h1-7H,(H2-,17,18,20,21,22,23)/p+1. The molecule has 0 aliphatic carbocycles. The summed E-state index contributed by atoms with van der Waals surface area (Å²) in [6.45, 7) is 0. The lowest BCUT2D eigenvalue weighted by Crippen LogP contribution is -2.34. The minimum Gasteiger partial charge on any atom is -0.332 e. The number of nitrogens with one attached hydrogen (secondary N) is 2. The number of carbonyl (C=O) groups is 1. The molecule has 0 unspecified atom stereocenters. The molecule has 0 fully saturated rings. The highest BCUT2D eigenvalue weighted by atomic mass is 35.5. The third-order valence-corrected chi connectivity index (χ3v) is 3.70. The summed E-state index contributed by atoms with van der Waals surface area (Å²) in [7, 11) is 0. The first-order valence-electron chi connectivity index (χ1n) is 6.20. The SMILES string of the molecule is O=C(NC(=S)Nc1ccc([N+](=O)O)cc1)c1ccc(Cl)c(Cl)c1. The monoisotopic (exact) mass is 370 g/mol. The molecule has 3 N–H and O–H groups in total. The van der Waals surface area contributed by atoms with Gasteiger partial charge in [0.1, 0.15) is 0 Å². The molecule has 0 heterocycles. The first kappa shape index (κ1) is 17.1. The van der Waals surface area contributed by atoms with Crippen LogP contribution >= 0.6 is 35.4 Å². The Morgan fingerprint density at radius 2 is 1.74 bits per heavy atom. The topological polar surface area (TPSA) is 81.4 Å². The van der Waals surface area contributed by atoms with Crippen molar-refractivity contribution < 1.29 is 14.9 Å². The van der Waals surface area contributed by atoms with E-state index in [0.29, 0.717) is 16.3 Å². The van der Waals surface area contributed by atoms with Gasteiger partial charge in [-0.2, -0.15) is 0 Å². The lowest BCUT2D eigenvalue weighted by molar-refractivity contribution is -0.729. The first-order valence-corrected chi connectivity index (χ1v) is 7.37. The van der Waals surface area contributed by atoms with E-state index in [1.54, 1.807) is 0 Å². The molecule has 2 aromatic carbocycles. The molecule has 0 spiro atoms. The van der Waals surface area contributed by atoms with E-state index in [1.165, 1.54) is 42.5 Å². The zero-order valence-electron chi connectivity index (χ0n) is 11.4. The summed E-state index contributed by atoms with van der Waals surface area (Å²) < 4.78 is 0. The van der Waals surface area contributed by atoms with Crippen molar-refractivity contribution in [1.82, 2.24) is 5.32 Å². The zero-order valence-corrected chi connectivity index (χ0v) is 13.7. The molecule has 23 heavy (non-hydrogen) atoms. The van der Waals surface area contributed by atoms with Gasteiger partial charge in [-0.15, -0.1) is 0 Å². The highest BCUT2D eigenvalue weighted by Crippen LogP contribution is 2.22. The number of carbonyl (C=O) groups excluding carboxylic acids is 1. The fourth-order valence-electron chi connectivity index (χ4n) is 1.65. The van der Waals surface area contributed by atoms with Crippen LogP contribution in [0.1, 0.15) is 10.4 Å². The Kier molecular flexibility index (Phi) is 5.49. The highest BCUT2D eigenvalue weighted by Gasteiger charge is 2.12. The maximum absolute atomic E-state index is 12.0. The smallest absolute Gasteiger partial charge is 0.316 e. The molecule has 6 nitrogen and oxygen atoms in total. The highest BCUT2D eigenvalue weighted by molar-refractivity contribution is 7.80. The number of benzene rings is 2. The molecule has 9 heteroatoms. The van der Waals surface area contributed by atoms with E-state index in [0.717, 1.165) is 0 Å². The van der Waals surface area contributed by atoms with Crippen LogP contribution in [0, 0.1) is 4.91 Å². The molecule has 0 saturated heterocycles. The van der Waals surface area contributed by atoms with E-state index in [9.17, 15) is 9.70 Å². The maximum Gasteiger partial charge on any atom is 0.316 e. The predicted molar refractivity (Wildman–Crippen MR) is 91.7 cm³/mol. The first-order chi connectivity index (χ1) is 10.9. The molecule has 2 rings (SSSR count). The number of thiocarbonyl (C=S) groups is 1. The molecule has 0 aliphatic heterocycles. The maximum atomic E-state index is 12.0. The van der Waals surface area contributed by atoms with Crippen molar-refractivity contribution >= 4 is 57.8 Å². The normalized spacial score (nSPS) is 10.0. The lowest BCUT2D eigenvalue weighted by Gasteiger charge is -2.09. The molecule has 0 bridgehead atoms. The Morgan fingerprint density at radius 1 is 1.09 bits per heavy atom.